The lowest BCUT2D eigenvalue weighted by atomic mass is 10.2. The third kappa shape index (κ3) is 5.83. The van der Waals surface area contributed by atoms with E-state index in [0.717, 1.165) is 19.2 Å². The summed E-state index contributed by atoms with van der Waals surface area (Å²) < 4.78 is 26.2. The number of thioether (sulfide) groups is 1. The molecule has 1 nitrogen and oxygen atoms in total. The second kappa shape index (κ2) is 8.48. The van der Waals surface area contributed by atoms with Gasteiger partial charge in [-0.2, -0.15) is 0 Å². The monoisotopic (exact) mass is 273 g/mol. The minimum Gasteiger partial charge on any atom is -0.316 e. The predicted molar refractivity (Wildman–Crippen MR) is 74.1 cm³/mol. The molecule has 0 heterocycles. The highest BCUT2D eigenvalue weighted by Gasteiger charge is 2.09. The zero-order chi connectivity index (χ0) is 13.4. The normalized spacial score (nSPS) is 12.7. The van der Waals surface area contributed by atoms with Crippen LogP contribution in [0.5, 0.6) is 0 Å². The van der Waals surface area contributed by atoms with Crippen molar-refractivity contribution in [3.05, 3.63) is 29.8 Å². The molecule has 1 aromatic rings. The maximum atomic E-state index is 13.4. The largest absolute Gasteiger partial charge is 0.316 e. The Bertz CT molecular complexity index is 358. The van der Waals surface area contributed by atoms with Crippen molar-refractivity contribution >= 4 is 11.8 Å². The number of unbranched alkanes of at least 4 members (excludes halogenated alkanes) is 2. The Kier molecular flexibility index (Phi) is 7.28. The van der Waals surface area contributed by atoms with E-state index in [1.807, 2.05) is 6.92 Å². The lowest BCUT2D eigenvalue weighted by molar-refractivity contribution is 0.565. The van der Waals surface area contributed by atoms with Gasteiger partial charge in [0.05, 0.1) is 0 Å². The van der Waals surface area contributed by atoms with Crippen LogP contribution in [0.4, 0.5) is 8.78 Å². The van der Waals surface area contributed by atoms with E-state index >= 15 is 0 Å². The number of halogens is 2. The molecule has 18 heavy (non-hydrogen) atoms. The van der Waals surface area contributed by atoms with Gasteiger partial charge in [-0.05, 0) is 25.1 Å². The molecule has 0 bridgehead atoms. The van der Waals surface area contributed by atoms with Gasteiger partial charge in [-0.25, -0.2) is 8.78 Å². The van der Waals surface area contributed by atoms with E-state index in [1.165, 1.54) is 43.2 Å². The second-order valence-electron chi connectivity index (χ2n) is 4.41. The van der Waals surface area contributed by atoms with Crippen molar-refractivity contribution in [1.29, 1.82) is 0 Å². The van der Waals surface area contributed by atoms with Crippen LogP contribution in [0.15, 0.2) is 23.1 Å². The number of benzene rings is 1. The SMILES string of the molecule is CCCCCNCC(C)Sc1ccc(F)cc1F. The molecular formula is C14H21F2NS. The van der Waals surface area contributed by atoms with Gasteiger partial charge in [0.15, 0.2) is 0 Å². The van der Waals surface area contributed by atoms with Gasteiger partial charge in [0.25, 0.3) is 0 Å². The van der Waals surface area contributed by atoms with Gasteiger partial charge in [-0.1, -0.05) is 26.7 Å². The average Bonchev–Trinajstić information content (AvgIpc) is 2.32. The van der Waals surface area contributed by atoms with Gasteiger partial charge >= 0.3 is 0 Å². The molecule has 1 rings (SSSR count). The molecule has 0 aromatic heterocycles. The van der Waals surface area contributed by atoms with Gasteiger partial charge in [-0.15, -0.1) is 11.8 Å². The van der Waals surface area contributed by atoms with Crippen LogP contribution in [0, 0.1) is 11.6 Å². The Hall–Kier alpha value is -0.610. The lowest BCUT2D eigenvalue weighted by Gasteiger charge is -2.12. The topological polar surface area (TPSA) is 12.0 Å². The predicted octanol–water partition coefficient (Wildman–Crippen LogP) is 4.23. The average molecular weight is 273 g/mol. The van der Waals surface area contributed by atoms with Gasteiger partial charge in [-0.3, -0.25) is 0 Å². The standard InChI is InChI=1S/C14H21F2NS/c1-3-4-5-8-17-10-11(2)18-14-7-6-12(15)9-13(14)16/h6-7,9,11,17H,3-5,8,10H2,1-2H3. The second-order valence-corrected chi connectivity index (χ2v) is 5.89. The van der Waals surface area contributed by atoms with E-state index in [-0.39, 0.29) is 5.25 Å². The maximum Gasteiger partial charge on any atom is 0.139 e. The third-order valence-electron chi connectivity index (χ3n) is 2.61. The van der Waals surface area contributed by atoms with E-state index in [2.05, 4.69) is 12.2 Å². The smallest absolute Gasteiger partial charge is 0.139 e. The van der Waals surface area contributed by atoms with Crippen molar-refractivity contribution in [2.45, 2.75) is 43.3 Å². The van der Waals surface area contributed by atoms with E-state index in [9.17, 15) is 8.78 Å². The van der Waals surface area contributed by atoms with Crippen molar-refractivity contribution in [1.82, 2.24) is 5.32 Å². The highest BCUT2D eigenvalue weighted by Crippen LogP contribution is 2.26. The molecule has 0 spiro atoms. The first-order valence-corrected chi connectivity index (χ1v) is 7.34. The van der Waals surface area contributed by atoms with Crippen LogP contribution in [0.1, 0.15) is 33.1 Å². The quantitative estimate of drug-likeness (QED) is 0.562. The molecular weight excluding hydrogens is 252 g/mol. The van der Waals surface area contributed by atoms with Gasteiger partial charge in [0.1, 0.15) is 11.6 Å². The minimum atomic E-state index is -0.526. The van der Waals surface area contributed by atoms with Crippen LogP contribution in [-0.2, 0) is 0 Å². The zero-order valence-electron chi connectivity index (χ0n) is 11.0. The summed E-state index contributed by atoms with van der Waals surface area (Å²) in [5.74, 6) is -1.000. The highest BCUT2D eigenvalue weighted by atomic mass is 32.2. The molecule has 0 fully saturated rings. The Morgan fingerprint density at radius 3 is 2.72 bits per heavy atom. The Labute approximate surface area is 112 Å². The van der Waals surface area contributed by atoms with E-state index < -0.39 is 11.6 Å². The fourth-order valence-corrected chi connectivity index (χ4v) is 2.59. The number of nitrogens with one attached hydrogen (secondary N) is 1. The van der Waals surface area contributed by atoms with E-state index in [4.69, 9.17) is 0 Å². The molecule has 4 heteroatoms. The van der Waals surface area contributed by atoms with Gasteiger partial charge in [0.2, 0.25) is 0 Å². The first kappa shape index (κ1) is 15.4. The Morgan fingerprint density at radius 1 is 1.28 bits per heavy atom. The van der Waals surface area contributed by atoms with Crippen LogP contribution < -0.4 is 5.32 Å². The Balaban J connectivity index is 2.28. The molecule has 0 aliphatic carbocycles. The number of rotatable bonds is 8. The number of hydrogen-bond acceptors (Lipinski definition) is 2. The fraction of sp³-hybridized carbons (Fsp3) is 0.571. The molecule has 0 saturated heterocycles. The van der Waals surface area contributed by atoms with Crippen molar-refractivity contribution in [2.75, 3.05) is 13.1 Å². The molecule has 1 aromatic carbocycles. The Morgan fingerprint density at radius 2 is 2.06 bits per heavy atom. The summed E-state index contributed by atoms with van der Waals surface area (Å²) in [4.78, 5) is 0.513. The van der Waals surface area contributed by atoms with E-state index in [0.29, 0.717) is 4.90 Å². The zero-order valence-corrected chi connectivity index (χ0v) is 11.8. The highest BCUT2D eigenvalue weighted by molar-refractivity contribution is 8.00. The summed E-state index contributed by atoms with van der Waals surface area (Å²) in [5.41, 5.74) is 0. The lowest BCUT2D eigenvalue weighted by Crippen LogP contribution is -2.23. The summed E-state index contributed by atoms with van der Waals surface area (Å²) in [7, 11) is 0. The molecule has 0 amide bonds. The summed E-state index contributed by atoms with van der Waals surface area (Å²) in [6, 6.07) is 3.74. The van der Waals surface area contributed by atoms with Crippen LogP contribution in [0.3, 0.4) is 0 Å². The van der Waals surface area contributed by atoms with Crippen molar-refractivity contribution in [3.63, 3.8) is 0 Å². The minimum absolute atomic E-state index is 0.270. The fourth-order valence-electron chi connectivity index (χ4n) is 1.63. The van der Waals surface area contributed by atoms with Crippen LogP contribution >= 0.6 is 11.8 Å². The molecule has 0 aliphatic heterocycles. The van der Waals surface area contributed by atoms with Crippen LogP contribution in [0.25, 0.3) is 0 Å². The van der Waals surface area contributed by atoms with Crippen molar-refractivity contribution < 1.29 is 8.78 Å². The van der Waals surface area contributed by atoms with Crippen LogP contribution in [-0.4, -0.2) is 18.3 Å². The maximum absolute atomic E-state index is 13.4. The number of hydrogen-bond donors (Lipinski definition) is 1. The summed E-state index contributed by atoms with van der Waals surface area (Å²) in [6.45, 7) is 6.06. The first-order valence-electron chi connectivity index (χ1n) is 6.46. The van der Waals surface area contributed by atoms with E-state index in [1.54, 1.807) is 0 Å². The molecule has 0 aliphatic rings. The molecule has 1 N–H and O–H groups in total. The molecule has 0 radical (unpaired) electrons. The first-order chi connectivity index (χ1) is 8.63. The molecule has 0 saturated carbocycles. The van der Waals surface area contributed by atoms with Crippen molar-refractivity contribution in [3.8, 4) is 0 Å². The van der Waals surface area contributed by atoms with Crippen molar-refractivity contribution in [2.24, 2.45) is 0 Å². The summed E-state index contributed by atoms with van der Waals surface area (Å²) >= 11 is 1.44. The molecule has 102 valence electrons. The summed E-state index contributed by atoms with van der Waals surface area (Å²) in [5, 5.41) is 3.62. The third-order valence-corrected chi connectivity index (χ3v) is 3.77. The molecule has 1 unspecified atom stereocenters. The van der Waals surface area contributed by atoms with Crippen LogP contribution in [0.2, 0.25) is 0 Å². The van der Waals surface area contributed by atoms with Gasteiger partial charge < -0.3 is 5.32 Å². The summed E-state index contributed by atoms with van der Waals surface area (Å²) in [6.07, 6.45) is 3.63. The molecule has 1 atom stereocenters. The van der Waals surface area contributed by atoms with Gasteiger partial charge in [0, 0.05) is 22.8 Å².